The normalized spacial score (nSPS) is 10.2. The first-order chi connectivity index (χ1) is 7.75. The van der Waals surface area contributed by atoms with E-state index in [1.165, 1.54) is 0 Å². The fourth-order valence-electron chi connectivity index (χ4n) is 1.18. The van der Waals surface area contributed by atoms with Gasteiger partial charge in [-0.2, -0.15) is 0 Å². The monoisotopic (exact) mass is 219 g/mol. The summed E-state index contributed by atoms with van der Waals surface area (Å²) in [6.07, 6.45) is 3.47. The maximum Gasteiger partial charge on any atom is 0.303 e. The highest BCUT2D eigenvalue weighted by Crippen LogP contribution is 2.16. The molecule has 16 heavy (non-hydrogen) atoms. The maximum absolute atomic E-state index is 10.4. The number of carbonyl (C=O) groups is 1. The van der Waals surface area contributed by atoms with Crippen LogP contribution in [0.3, 0.4) is 0 Å². The molecule has 0 aliphatic carbocycles. The van der Waals surface area contributed by atoms with Gasteiger partial charge < -0.3 is 9.52 Å². The van der Waals surface area contributed by atoms with E-state index in [2.05, 4.69) is 15.2 Å². The van der Waals surface area contributed by atoms with Gasteiger partial charge in [0.25, 0.3) is 0 Å². The molecule has 0 aromatic carbocycles. The average Bonchev–Trinajstić information content (AvgIpc) is 2.76. The minimum absolute atomic E-state index is 0.0159. The summed E-state index contributed by atoms with van der Waals surface area (Å²) in [7, 11) is 0. The van der Waals surface area contributed by atoms with Crippen LogP contribution in [0.2, 0.25) is 0 Å². The van der Waals surface area contributed by atoms with Crippen LogP contribution in [-0.2, 0) is 11.2 Å². The average molecular weight is 219 g/mol. The third-order valence-electron chi connectivity index (χ3n) is 1.95. The van der Waals surface area contributed by atoms with Gasteiger partial charge >= 0.3 is 5.97 Å². The van der Waals surface area contributed by atoms with Crippen molar-refractivity contribution in [2.75, 3.05) is 0 Å². The molecule has 0 spiro atoms. The van der Waals surface area contributed by atoms with Crippen LogP contribution in [0.4, 0.5) is 0 Å². The molecule has 0 atom stereocenters. The van der Waals surface area contributed by atoms with Crippen LogP contribution in [0.5, 0.6) is 0 Å². The van der Waals surface area contributed by atoms with E-state index in [-0.39, 0.29) is 12.8 Å². The van der Waals surface area contributed by atoms with Crippen molar-refractivity contribution >= 4 is 5.97 Å². The Morgan fingerprint density at radius 2 is 2.06 bits per heavy atom. The van der Waals surface area contributed by atoms with Gasteiger partial charge in [0.15, 0.2) is 0 Å². The first kappa shape index (κ1) is 10.3. The van der Waals surface area contributed by atoms with E-state index < -0.39 is 5.97 Å². The lowest BCUT2D eigenvalue weighted by molar-refractivity contribution is -0.137. The highest BCUT2D eigenvalue weighted by Gasteiger charge is 2.09. The molecule has 0 amide bonds. The van der Waals surface area contributed by atoms with Crippen LogP contribution in [-0.4, -0.2) is 26.3 Å². The molecule has 1 N–H and O–H groups in total. The first-order valence-corrected chi connectivity index (χ1v) is 4.70. The number of hydrogen-bond acceptors (Lipinski definition) is 5. The molecule has 2 rings (SSSR count). The van der Waals surface area contributed by atoms with Crippen LogP contribution < -0.4 is 0 Å². The van der Waals surface area contributed by atoms with Crippen molar-refractivity contribution in [3.8, 4) is 11.5 Å². The van der Waals surface area contributed by atoms with Crippen molar-refractivity contribution in [1.82, 2.24) is 15.2 Å². The summed E-state index contributed by atoms with van der Waals surface area (Å²) in [5.41, 5.74) is 0.768. The lowest BCUT2D eigenvalue weighted by Gasteiger charge is -1.92. The standard InChI is InChI=1S/C10H9N3O3/c14-9(15)2-1-8-12-13-10(16-8)7-3-5-11-6-4-7/h3-6H,1-2H2,(H,14,15). The van der Waals surface area contributed by atoms with Crippen molar-refractivity contribution < 1.29 is 14.3 Å². The predicted molar refractivity (Wildman–Crippen MR) is 53.5 cm³/mol. The van der Waals surface area contributed by atoms with Gasteiger partial charge in [-0.25, -0.2) is 0 Å². The number of carboxylic acids is 1. The van der Waals surface area contributed by atoms with Crippen LogP contribution in [0.1, 0.15) is 12.3 Å². The third kappa shape index (κ3) is 2.41. The number of pyridine rings is 1. The Kier molecular flexibility index (Phi) is 2.90. The number of carboxylic acid groups (broad SMARTS) is 1. The molecule has 0 aliphatic heterocycles. The molecule has 0 unspecified atom stereocenters. The van der Waals surface area contributed by atoms with Crippen LogP contribution >= 0.6 is 0 Å². The minimum atomic E-state index is -0.885. The SMILES string of the molecule is O=C(O)CCc1nnc(-c2ccncc2)o1. The van der Waals surface area contributed by atoms with Gasteiger partial charge in [-0.1, -0.05) is 0 Å². The maximum atomic E-state index is 10.4. The third-order valence-corrected chi connectivity index (χ3v) is 1.95. The second-order valence-electron chi connectivity index (χ2n) is 3.13. The quantitative estimate of drug-likeness (QED) is 0.829. The molecule has 6 nitrogen and oxygen atoms in total. The van der Waals surface area contributed by atoms with Crippen LogP contribution in [0.15, 0.2) is 28.9 Å². The van der Waals surface area contributed by atoms with Crippen molar-refractivity contribution in [2.24, 2.45) is 0 Å². The van der Waals surface area contributed by atoms with E-state index in [1.807, 2.05) is 0 Å². The lowest BCUT2D eigenvalue weighted by atomic mass is 10.3. The Labute approximate surface area is 91.0 Å². The number of aromatic nitrogens is 3. The molecular formula is C10H9N3O3. The highest BCUT2D eigenvalue weighted by atomic mass is 16.4. The minimum Gasteiger partial charge on any atom is -0.481 e. The van der Waals surface area contributed by atoms with Crippen LogP contribution in [0, 0.1) is 0 Å². The molecule has 82 valence electrons. The Bertz CT molecular complexity index is 481. The number of aliphatic carboxylic acids is 1. The van der Waals surface area contributed by atoms with E-state index in [0.717, 1.165) is 5.56 Å². The molecule has 0 aliphatic rings. The Balaban J connectivity index is 2.11. The van der Waals surface area contributed by atoms with Crippen molar-refractivity contribution in [3.05, 3.63) is 30.4 Å². The van der Waals surface area contributed by atoms with Gasteiger partial charge in [0, 0.05) is 24.4 Å². The number of aryl methyl sites for hydroxylation is 1. The summed E-state index contributed by atoms with van der Waals surface area (Å²) in [5, 5.41) is 16.1. The van der Waals surface area contributed by atoms with E-state index >= 15 is 0 Å². The zero-order valence-electron chi connectivity index (χ0n) is 8.33. The van der Waals surface area contributed by atoms with Gasteiger partial charge in [0.2, 0.25) is 11.8 Å². The van der Waals surface area contributed by atoms with Crippen molar-refractivity contribution in [3.63, 3.8) is 0 Å². The summed E-state index contributed by atoms with van der Waals surface area (Å²) in [6.45, 7) is 0. The summed E-state index contributed by atoms with van der Waals surface area (Å²) >= 11 is 0. The van der Waals surface area contributed by atoms with E-state index in [9.17, 15) is 4.79 Å². The molecular weight excluding hydrogens is 210 g/mol. The van der Waals surface area contributed by atoms with Gasteiger partial charge in [-0.05, 0) is 12.1 Å². The molecule has 0 radical (unpaired) electrons. The zero-order chi connectivity index (χ0) is 11.4. The Morgan fingerprint density at radius 1 is 1.31 bits per heavy atom. The van der Waals surface area contributed by atoms with E-state index in [4.69, 9.17) is 9.52 Å². The van der Waals surface area contributed by atoms with E-state index in [1.54, 1.807) is 24.5 Å². The summed E-state index contributed by atoms with van der Waals surface area (Å²) in [5.74, 6) is -0.180. The second-order valence-corrected chi connectivity index (χ2v) is 3.13. The topological polar surface area (TPSA) is 89.1 Å². The first-order valence-electron chi connectivity index (χ1n) is 4.70. The second kappa shape index (κ2) is 4.52. The summed E-state index contributed by atoms with van der Waals surface area (Å²) in [4.78, 5) is 14.2. The molecule has 0 fully saturated rings. The van der Waals surface area contributed by atoms with Crippen molar-refractivity contribution in [1.29, 1.82) is 0 Å². The molecule has 0 saturated heterocycles. The molecule has 6 heteroatoms. The Morgan fingerprint density at radius 3 is 2.75 bits per heavy atom. The number of hydrogen-bond donors (Lipinski definition) is 1. The lowest BCUT2D eigenvalue weighted by Crippen LogP contribution is -1.97. The zero-order valence-corrected chi connectivity index (χ0v) is 8.33. The van der Waals surface area contributed by atoms with E-state index in [0.29, 0.717) is 11.8 Å². The fraction of sp³-hybridized carbons (Fsp3) is 0.200. The fourth-order valence-corrected chi connectivity index (χ4v) is 1.18. The Hall–Kier alpha value is -2.24. The molecule has 0 saturated carbocycles. The van der Waals surface area contributed by atoms with Gasteiger partial charge in [0.1, 0.15) is 0 Å². The largest absolute Gasteiger partial charge is 0.481 e. The van der Waals surface area contributed by atoms with Crippen molar-refractivity contribution in [2.45, 2.75) is 12.8 Å². The molecule has 0 bridgehead atoms. The number of rotatable bonds is 4. The molecule has 2 aromatic rings. The molecule has 2 heterocycles. The van der Waals surface area contributed by atoms with Gasteiger partial charge in [-0.3, -0.25) is 9.78 Å². The van der Waals surface area contributed by atoms with Gasteiger partial charge in [-0.15, -0.1) is 10.2 Å². The predicted octanol–water partition coefficient (Wildman–Crippen LogP) is 1.15. The summed E-state index contributed by atoms with van der Waals surface area (Å²) in [6, 6.07) is 3.49. The summed E-state index contributed by atoms with van der Waals surface area (Å²) < 4.78 is 5.31. The smallest absolute Gasteiger partial charge is 0.303 e. The highest BCUT2D eigenvalue weighted by molar-refractivity contribution is 5.66. The number of nitrogens with zero attached hydrogens (tertiary/aromatic N) is 3. The van der Waals surface area contributed by atoms with Gasteiger partial charge in [0.05, 0.1) is 6.42 Å². The molecule has 2 aromatic heterocycles. The van der Waals surface area contributed by atoms with Crippen LogP contribution in [0.25, 0.3) is 11.5 Å².